The van der Waals surface area contributed by atoms with Gasteiger partial charge in [-0.25, -0.2) is 9.37 Å². The Kier molecular flexibility index (Phi) is 3.53. The van der Waals surface area contributed by atoms with Gasteiger partial charge in [0.15, 0.2) is 6.79 Å². The van der Waals surface area contributed by atoms with Crippen LogP contribution < -0.4 is 10.1 Å². The first-order chi connectivity index (χ1) is 11.6. The van der Waals surface area contributed by atoms with Gasteiger partial charge in [0.1, 0.15) is 23.7 Å². The summed E-state index contributed by atoms with van der Waals surface area (Å²) < 4.78 is 26.2. The molecule has 0 saturated carbocycles. The van der Waals surface area contributed by atoms with Crippen molar-refractivity contribution < 1.29 is 13.9 Å². The third-order valence-electron chi connectivity index (χ3n) is 4.11. The summed E-state index contributed by atoms with van der Waals surface area (Å²) in [6.45, 7) is 4.78. The molecule has 3 aromatic rings. The lowest BCUT2D eigenvalue weighted by Gasteiger charge is -2.21. The first-order valence-electron chi connectivity index (χ1n) is 7.56. The van der Waals surface area contributed by atoms with Crippen LogP contribution in [0.4, 0.5) is 10.2 Å². The first kappa shape index (κ1) is 14.8. The minimum atomic E-state index is -0.312. The molecule has 0 aliphatic carbocycles. The predicted molar refractivity (Wildman–Crippen MR) is 84.3 cm³/mol. The molecular formula is C16H16FN5O2. The maximum atomic E-state index is 13.9. The van der Waals surface area contributed by atoms with Gasteiger partial charge in [0.25, 0.3) is 5.78 Å². The fraction of sp³-hybridized carbons (Fsp3) is 0.312. The molecule has 1 aromatic carbocycles. The number of aromatic nitrogens is 4. The Hall–Kier alpha value is -2.74. The zero-order valence-corrected chi connectivity index (χ0v) is 13.3. The van der Waals surface area contributed by atoms with E-state index >= 15 is 0 Å². The molecule has 8 heteroatoms. The van der Waals surface area contributed by atoms with Gasteiger partial charge in [-0.05, 0) is 26.0 Å². The van der Waals surface area contributed by atoms with Gasteiger partial charge in [-0.2, -0.15) is 14.6 Å². The normalized spacial score (nSPS) is 13.6. The molecule has 0 bridgehead atoms. The van der Waals surface area contributed by atoms with Crippen molar-refractivity contribution in [1.29, 1.82) is 0 Å². The zero-order valence-electron chi connectivity index (χ0n) is 13.3. The van der Waals surface area contributed by atoms with E-state index in [0.717, 1.165) is 22.6 Å². The average Bonchev–Trinajstić information content (AvgIpc) is 3.02. The number of rotatable bonds is 3. The van der Waals surface area contributed by atoms with Crippen molar-refractivity contribution in [3.8, 4) is 5.75 Å². The average molecular weight is 329 g/mol. The van der Waals surface area contributed by atoms with Crippen LogP contribution in [0.2, 0.25) is 0 Å². The van der Waals surface area contributed by atoms with Gasteiger partial charge in [0.05, 0.1) is 6.61 Å². The Morgan fingerprint density at radius 3 is 3.08 bits per heavy atom. The first-order valence-corrected chi connectivity index (χ1v) is 7.56. The van der Waals surface area contributed by atoms with E-state index in [1.54, 1.807) is 4.52 Å². The van der Waals surface area contributed by atoms with E-state index in [1.807, 2.05) is 13.8 Å². The fourth-order valence-corrected chi connectivity index (χ4v) is 2.81. The molecule has 4 rings (SSSR count). The van der Waals surface area contributed by atoms with Gasteiger partial charge < -0.3 is 14.8 Å². The monoisotopic (exact) mass is 329 g/mol. The van der Waals surface area contributed by atoms with Crippen molar-refractivity contribution in [3.63, 3.8) is 0 Å². The highest BCUT2D eigenvalue weighted by molar-refractivity contribution is 5.53. The molecule has 0 fully saturated rings. The van der Waals surface area contributed by atoms with Gasteiger partial charge in [-0.15, -0.1) is 0 Å². The van der Waals surface area contributed by atoms with E-state index in [2.05, 4.69) is 20.4 Å². The number of ether oxygens (including phenoxy) is 2. The summed E-state index contributed by atoms with van der Waals surface area (Å²) in [5.74, 6) is 1.66. The van der Waals surface area contributed by atoms with E-state index in [1.165, 1.54) is 18.5 Å². The lowest BCUT2D eigenvalue weighted by atomic mass is 10.1. The molecule has 3 heterocycles. The van der Waals surface area contributed by atoms with Crippen molar-refractivity contribution in [2.45, 2.75) is 27.0 Å². The lowest BCUT2D eigenvalue weighted by molar-refractivity contribution is -0.0172. The van der Waals surface area contributed by atoms with Gasteiger partial charge in [-0.1, -0.05) is 0 Å². The van der Waals surface area contributed by atoms with Crippen LogP contribution in [0, 0.1) is 19.7 Å². The van der Waals surface area contributed by atoms with Crippen LogP contribution in [0.15, 0.2) is 18.5 Å². The Morgan fingerprint density at radius 1 is 1.33 bits per heavy atom. The van der Waals surface area contributed by atoms with Gasteiger partial charge in [0.2, 0.25) is 0 Å². The largest absolute Gasteiger partial charge is 0.467 e. The second-order valence-corrected chi connectivity index (χ2v) is 5.66. The van der Waals surface area contributed by atoms with Gasteiger partial charge in [0, 0.05) is 28.9 Å². The van der Waals surface area contributed by atoms with Crippen LogP contribution in [-0.4, -0.2) is 26.4 Å². The Morgan fingerprint density at radius 2 is 2.21 bits per heavy atom. The highest BCUT2D eigenvalue weighted by Crippen LogP contribution is 2.30. The summed E-state index contributed by atoms with van der Waals surface area (Å²) in [5, 5.41) is 7.50. The van der Waals surface area contributed by atoms with Crippen LogP contribution in [-0.2, 0) is 17.9 Å². The number of hydrogen-bond donors (Lipinski definition) is 1. The second kappa shape index (κ2) is 5.72. The Bertz CT molecular complexity index is 924. The Labute approximate surface area is 137 Å². The number of hydrogen-bond acceptors (Lipinski definition) is 6. The van der Waals surface area contributed by atoms with Crippen LogP contribution >= 0.6 is 0 Å². The van der Waals surface area contributed by atoms with Crippen molar-refractivity contribution in [1.82, 2.24) is 19.6 Å². The van der Waals surface area contributed by atoms with E-state index < -0.39 is 0 Å². The van der Waals surface area contributed by atoms with E-state index in [4.69, 9.17) is 9.47 Å². The number of aryl methyl sites for hydroxylation is 1. The molecule has 2 aromatic heterocycles. The van der Waals surface area contributed by atoms with Crippen molar-refractivity contribution in [2.24, 2.45) is 0 Å². The maximum Gasteiger partial charge on any atom is 0.254 e. The molecular weight excluding hydrogens is 313 g/mol. The standard InChI is InChI=1S/C16H16FN5O2/c1-9-10(2)21-16-19-7-20-22(16)15(9)18-5-11-3-13(17)4-12-6-23-8-24-14(11)12/h3-4,7,18H,5-6,8H2,1-2H3. The van der Waals surface area contributed by atoms with Crippen molar-refractivity contribution >= 4 is 11.6 Å². The molecule has 0 atom stereocenters. The quantitative estimate of drug-likeness (QED) is 0.795. The molecule has 1 aliphatic rings. The number of nitrogens with one attached hydrogen (secondary N) is 1. The summed E-state index contributed by atoms with van der Waals surface area (Å²) in [6, 6.07) is 2.91. The SMILES string of the molecule is Cc1nc2ncnn2c(NCc2cc(F)cc3c2OCOC3)c1C. The summed E-state index contributed by atoms with van der Waals surface area (Å²) in [4.78, 5) is 8.50. The lowest BCUT2D eigenvalue weighted by Crippen LogP contribution is -2.16. The van der Waals surface area contributed by atoms with Gasteiger partial charge >= 0.3 is 0 Å². The summed E-state index contributed by atoms with van der Waals surface area (Å²) >= 11 is 0. The number of fused-ring (bicyclic) bond motifs is 2. The number of anilines is 1. The number of nitrogens with zero attached hydrogens (tertiary/aromatic N) is 4. The number of benzene rings is 1. The van der Waals surface area contributed by atoms with E-state index in [0.29, 0.717) is 30.2 Å². The van der Waals surface area contributed by atoms with Gasteiger partial charge in [-0.3, -0.25) is 0 Å². The minimum absolute atomic E-state index is 0.173. The molecule has 0 spiro atoms. The third kappa shape index (κ3) is 2.44. The van der Waals surface area contributed by atoms with Crippen LogP contribution in [0.25, 0.3) is 5.78 Å². The predicted octanol–water partition coefficient (Wildman–Crippen LogP) is 2.36. The molecule has 124 valence electrons. The molecule has 1 aliphatic heterocycles. The zero-order chi connectivity index (χ0) is 16.7. The summed E-state index contributed by atoms with van der Waals surface area (Å²) in [5.41, 5.74) is 3.27. The molecule has 24 heavy (non-hydrogen) atoms. The molecule has 7 nitrogen and oxygen atoms in total. The number of halogens is 1. The molecule has 1 N–H and O–H groups in total. The van der Waals surface area contributed by atoms with Crippen LogP contribution in [0.1, 0.15) is 22.4 Å². The topological polar surface area (TPSA) is 73.6 Å². The Balaban J connectivity index is 1.70. The highest BCUT2D eigenvalue weighted by atomic mass is 19.1. The smallest absolute Gasteiger partial charge is 0.254 e. The van der Waals surface area contributed by atoms with Crippen molar-refractivity contribution in [3.05, 3.63) is 46.7 Å². The van der Waals surface area contributed by atoms with Crippen molar-refractivity contribution in [2.75, 3.05) is 12.1 Å². The third-order valence-corrected chi connectivity index (χ3v) is 4.11. The molecule has 0 amide bonds. The highest BCUT2D eigenvalue weighted by Gasteiger charge is 2.18. The fourth-order valence-electron chi connectivity index (χ4n) is 2.81. The molecule has 0 saturated heterocycles. The second-order valence-electron chi connectivity index (χ2n) is 5.66. The minimum Gasteiger partial charge on any atom is -0.467 e. The van der Waals surface area contributed by atoms with E-state index in [-0.39, 0.29) is 12.6 Å². The summed E-state index contributed by atoms with van der Waals surface area (Å²) in [7, 11) is 0. The maximum absolute atomic E-state index is 13.9. The summed E-state index contributed by atoms with van der Waals surface area (Å²) in [6.07, 6.45) is 1.46. The molecule has 0 unspecified atom stereocenters. The van der Waals surface area contributed by atoms with Crippen LogP contribution in [0.3, 0.4) is 0 Å². The van der Waals surface area contributed by atoms with Crippen LogP contribution in [0.5, 0.6) is 5.75 Å². The van der Waals surface area contributed by atoms with E-state index in [9.17, 15) is 4.39 Å². The molecule has 0 radical (unpaired) electrons.